The molecule has 0 saturated carbocycles. The lowest BCUT2D eigenvalue weighted by molar-refractivity contribution is -0.385. The highest BCUT2D eigenvalue weighted by molar-refractivity contribution is 6.68. The van der Waals surface area contributed by atoms with Gasteiger partial charge in [-0.2, -0.15) is 0 Å². The first-order chi connectivity index (χ1) is 21.9. The molecule has 0 unspecified atom stereocenters. The van der Waals surface area contributed by atoms with E-state index in [0.717, 1.165) is 12.1 Å². The monoisotopic (exact) mass is 745 g/mol. The number of carbonyl (C=O) groups excluding carboxylic acids is 2. The second kappa shape index (κ2) is 17.1. The van der Waals surface area contributed by atoms with E-state index in [1.807, 2.05) is 0 Å². The van der Waals surface area contributed by atoms with Gasteiger partial charge in [-0.1, -0.05) is 46.4 Å². The van der Waals surface area contributed by atoms with E-state index in [2.05, 4.69) is 0 Å². The van der Waals surface area contributed by atoms with Crippen LogP contribution in [0.3, 0.4) is 0 Å². The first kappa shape index (κ1) is 38.3. The van der Waals surface area contributed by atoms with Gasteiger partial charge in [-0.3, -0.25) is 50.0 Å². The lowest BCUT2D eigenvalue weighted by atomic mass is 10.0. The number of rotatable bonds is 8. The quantitative estimate of drug-likeness (QED) is 0.0588. The van der Waals surface area contributed by atoms with Gasteiger partial charge in [-0.15, -0.1) is 0 Å². The fraction of sp³-hybridized carbons (Fsp3) is 0.0370. The van der Waals surface area contributed by atoms with E-state index in [1.54, 1.807) is 0 Å². The molecule has 4 aromatic carbocycles. The number of nitro groups is 4. The molecule has 20 heteroatoms. The predicted octanol–water partition coefficient (Wildman–Crippen LogP) is 8.69. The van der Waals surface area contributed by atoms with Crippen molar-refractivity contribution in [3.05, 3.63) is 150 Å². The van der Waals surface area contributed by atoms with Crippen molar-refractivity contribution in [2.45, 2.75) is 6.42 Å². The normalized spacial score (nSPS) is 9.98. The molecule has 4 rings (SSSR count). The van der Waals surface area contributed by atoms with Crippen LogP contribution in [-0.4, -0.2) is 30.7 Å². The molecular weight excluding hydrogens is 732 g/mol. The standard InChI is InChI=1S/C14H8Cl2N2O5.C7H3Cl2NO3.C6H5ClN2O2/c15-9-1-4-13(18(22)23)8(5-9)6-14(19)11-7-10(17(20)21)2-3-12(11)16;8-6-2-1-4(10(12)13)3-5(6)7(9)11;7-4-1-2-6(9(10)11)5(8)3-4/h1-5,7H,6H2;1-3H;1-3H,8H2. The minimum Gasteiger partial charge on any atom is -0.393 e. The molecule has 0 aliphatic heterocycles. The number of nitrogen functional groups attached to an aromatic ring is 1. The van der Waals surface area contributed by atoms with E-state index in [1.165, 1.54) is 60.7 Å². The maximum absolute atomic E-state index is 12.3. The molecule has 47 heavy (non-hydrogen) atoms. The summed E-state index contributed by atoms with van der Waals surface area (Å²) in [6.07, 6.45) is -0.349. The van der Waals surface area contributed by atoms with Crippen LogP contribution in [-0.2, 0) is 6.42 Å². The summed E-state index contributed by atoms with van der Waals surface area (Å²) < 4.78 is 0. The van der Waals surface area contributed by atoms with Crippen LogP contribution in [0.15, 0.2) is 72.8 Å². The van der Waals surface area contributed by atoms with Gasteiger partial charge in [0.05, 0.1) is 35.3 Å². The summed E-state index contributed by atoms with van der Waals surface area (Å²) in [5, 5.41) is 42.2. The van der Waals surface area contributed by atoms with Gasteiger partial charge < -0.3 is 5.73 Å². The molecule has 15 nitrogen and oxygen atoms in total. The summed E-state index contributed by atoms with van der Waals surface area (Å²) in [5.74, 6) is -0.580. The Morgan fingerprint density at radius 2 is 1.04 bits per heavy atom. The first-order valence-corrected chi connectivity index (χ1v) is 14.0. The number of hydrogen-bond acceptors (Lipinski definition) is 11. The highest BCUT2D eigenvalue weighted by atomic mass is 35.5. The van der Waals surface area contributed by atoms with E-state index < -0.39 is 30.7 Å². The van der Waals surface area contributed by atoms with E-state index >= 15 is 0 Å². The number of benzene rings is 4. The summed E-state index contributed by atoms with van der Waals surface area (Å²) in [7, 11) is 0. The van der Waals surface area contributed by atoms with Crippen LogP contribution in [0.25, 0.3) is 0 Å². The second-order valence-corrected chi connectivity index (χ2v) is 10.7. The number of nitrogens with two attached hydrogens (primary N) is 1. The minimum absolute atomic E-state index is 0.0327. The van der Waals surface area contributed by atoms with Gasteiger partial charge in [0.1, 0.15) is 5.69 Å². The Labute approximate surface area is 288 Å². The Kier molecular flexibility index (Phi) is 13.9. The zero-order valence-corrected chi connectivity index (χ0v) is 26.8. The number of anilines is 1. The molecule has 0 bridgehead atoms. The topological polar surface area (TPSA) is 233 Å². The number of Topliss-reactive ketones (excluding diaryl/α,β-unsaturated/α-hetero) is 1. The summed E-state index contributed by atoms with van der Waals surface area (Å²) in [6.45, 7) is 0. The minimum atomic E-state index is -0.811. The van der Waals surface area contributed by atoms with Crippen molar-refractivity contribution in [3.63, 3.8) is 0 Å². The molecule has 0 fully saturated rings. The van der Waals surface area contributed by atoms with Crippen molar-refractivity contribution in [2.24, 2.45) is 0 Å². The Balaban J connectivity index is 0.000000270. The molecule has 4 aromatic rings. The average Bonchev–Trinajstić information content (AvgIpc) is 2.97. The molecule has 0 atom stereocenters. The number of halogens is 5. The highest BCUT2D eigenvalue weighted by Gasteiger charge is 2.21. The van der Waals surface area contributed by atoms with Gasteiger partial charge in [0.25, 0.3) is 28.0 Å². The third-order valence-electron chi connectivity index (χ3n) is 5.61. The molecule has 0 aromatic heterocycles. The van der Waals surface area contributed by atoms with Gasteiger partial charge in [-0.05, 0) is 48.0 Å². The summed E-state index contributed by atoms with van der Waals surface area (Å²) >= 11 is 27.9. The largest absolute Gasteiger partial charge is 0.393 e. The summed E-state index contributed by atoms with van der Waals surface area (Å²) in [4.78, 5) is 62.8. The molecular formula is C27H16Cl5N5O10. The molecule has 0 aliphatic rings. The third kappa shape index (κ3) is 11.1. The van der Waals surface area contributed by atoms with Gasteiger partial charge in [0.15, 0.2) is 5.78 Å². The molecule has 244 valence electrons. The van der Waals surface area contributed by atoms with Gasteiger partial charge >= 0.3 is 0 Å². The van der Waals surface area contributed by atoms with Gasteiger partial charge in [0, 0.05) is 64.0 Å². The van der Waals surface area contributed by atoms with Crippen molar-refractivity contribution in [2.75, 3.05) is 5.73 Å². The van der Waals surface area contributed by atoms with Crippen LogP contribution >= 0.6 is 58.0 Å². The van der Waals surface area contributed by atoms with E-state index in [9.17, 15) is 50.0 Å². The maximum atomic E-state index is 12.3. The van der Waals surface area contributed by atoms with Gasteiger partial charge in [-0.25, -0.2) is 0 Å². The van der Waals surface area contributed by atoms with Crippen molar-refractivity contribution < 1.29 is 29.3 Å². The number of nitro benzene ring substituents is 4. The SMILES string of the molecule is Nc1cc(Cl)ccc1[N+](=O)[O-].O=C(Cc1cc(Cl)ccc1[N+](=O)[O-])c1cc([N+](=O)[O-])ccc1Cl.O=C(Cl)c1cc([N+](=O)[O-])ccc1Cl. The van der Waals surface area contributed by atoms with Crippen LogP contribution in [0, 0.1) is 40.5 Å². The number of non-ortho nitro benzene ring substituents is 2. The van der Waals surface area contributed by atoms with Crippen LogP contribution in [0.2, 0.25) is 20.1 Å². The second-order valence-electron chi connectivity index (χ2n) is 8.71. The van der Waals surface area contributed by atoms with Crippen LogP contribution in [0.5, 0.6) is 0 Å². The smallest absolute Gasteiger partial charge is 0.292 e. The van der Waals surface area contributed by atoms with Crippen molar-refractivity contribution in [3.8, 4) is 0 Å². The summed E-state index contributed by atoms with van der Waals surface area (Å²) in [5.41, 5.74) is 4.47. The molecule has 0 spiro atoms. The number of nitrogens with zero attached hydrogens (tertiary/aromatic N) is 4. The molecule has 0 amide bonds. The van der Waals surface area contributed by atoms with Crippen LogP contribution < -0.4 is 5.73 Å². The fourth-order valence-electron chi connectivity index (χ4n) is 3.45. The molecule has 0 saturated heterocycles. The van der Waals surface area contributed by atoms with E-state index in [-0.39, 0.29) is 66.6 Å². The average molecular weight is 748 g/mol. The third-order valence-corrected chi connectivity index (χ3v) is 6.94. The lowest BCUT2D eigenvalue weighted by Crippen LogP contribution is -2.07. The highest BCUT2D eigenvalue weighted by Crippen LogP contribution is 2.28. The Morgan fingerprint density at radius 1 is 0.596 bits per heavy atom. The Bertz CT molecular complexity index is 1910. The Morgan fingerprint density at radius 3 is 1.49 bits per heavy atom. The van der Waals surface area contributed by atoms with Crippen LogP contribution in [0.1, 0.15) is 26.3 Å². The number of ketones is 1. The van der Waals surface area contributed by atoms with Crippen molar-refractivity contribution >= 4 is 97.5 Å². The zero-order chi connectivity index (χ0) is 35.6. The first-order valence-electron chi connectivity index (χ1n) is 12.2. The van der Waals surface area contributed by atoms with Crippen molar-refractivity contribution in [1.29, 1.82) is 0 Å². The number of hydrogen-bond donors (Lipinski definition) is 1. The molecule has 0 radical (unpaired) electrons. The van der Waals surface area contributed by atoms with Crippen LogP contribution in [0.4, 0.5) is 28.4 Å². The fourth-order valence-corrected chi connectivity index (χ4v) is 4.46. The van der Waals surface area contributed by atoms with E-state index in [4.69, 9.17) is 63.7 Å². The van der Waals surface area contributed by atoms with Gasteiger partial charge in [0.2, 0.25) is 0 Å². The van der Waals surface area contributed by atoms with E-state index in [0.29, 0.717) is 5.02 Å². The molecule has 2 N–H and O–H groups in total. The predicted molar refractivity (Wildman–Crippen MR) is 175 cm³/mol. The zero-order valence-electron chi connectivity index (χ0n) is 23.0. The van der Waals surface area contributed by atoms with Crippen molar-refractivity contribution in [1.82, 2.24) is 0 Å². The summed E-state index contributed by atoms with van der Waals surface area (Å²) in [6, 6.07) is 14.8. The molecule has 0 aliphatic carbocycles. The number of carbonyl (C=O) groups is 2. The Hall–Kier alpha value is -4.93. The lowest BCUT2D eigenvalue weighted by Gasteiger charge is -2.05. The maximum Gasteiger partial charge on any atom is 0.292 e. The molecule has 0 heterocycles.